The normalized spacial score (nSPS) is 32.7. The molecule has 1 aliphatic heterocycles. The first kappa shape index (κ1) is 15.7. The molecule has 116 valence electrons. The third kappa shape index (κ3) is 3.31. The van der Waals surface area contributed by atoms with Gasteiger partial charge in [0, 0.05) is 0 Å². The van der Waals surface area contributed by atoms with Gasteiger partial charge < -0.3 is 35.0 Å². The van der Waals surface area contributed by atoms with Crippen molar-refractivity contribution in [2.45, 2.75) is 30.7 Å². The Balaban J connectivity index is 2.08. The maximum Gasteiger partial charge on any atom is 0.335 e. The number of carboxylic acid groups (broad SMARTS) is 1. The molecule has 1 aromatic rings. The van der Waals surface area contributed by atoms with Gasteiger partial charge in [0.1, 0.15) is 30.2 Å². The van der Waals surface area contributed by atoms with Crippen LogP contribution in [0, 0.1) is 0 Å². The Morgan fingerprint density at radius 2 is 1.71 bits per heavy atom. The summed E-state index contributed by atoms with van der Waals surface area (Å²) in [7, 11) is 0. The third-order valence-corrected chi connectivity index (χ3v) is 3.20. The van der Waals surface area contributed by atoms with Crippen LogP contribution in [0.25, 0.3) is 0 Å². The van der Waals surface area contributed by atoms with E-state index in [4.69, 9.17) is 19.7 Å². The molecule has 5 atom stereocenters. The van der Waals surface area contributed by atoms with Gasteiger partial charge in [-0.2, -0.15) is 0 Å². The van der Waals surface area contributed by atoms with Gasteiger partial charge >= 0.3 is 5.97 Å². The Morgan fingerprint density at radius 1 is 1.10 bits per heavy atom. The zero-order valence-electron chi connectivity index (χ0n) is 10.9. The van der Waals surface area contributed by atoms with E-state index in [0.29, 0.717) is 0 Å². The van der Waals surface area contributed by atoms with Gasteiger partial charge in [0.25, 0.3) is 0 Å². The summed E-state index contributed by atoms with van der Waals surface area (Å²) in [6.45, 7) is -0.553. The van der Waals surface area contributed by atoms with Crippen LogP contribution in [0.1, 0.15) is 10.4 Å². The van der Waals surface area contributed by atoms with E-state index >= 15 is 0 Å². The molecule has 21 heavy (non-hydrogen) atoms. The molecule has 8 nitrogen and oxygen atoms in total. The molecule has 0 amide bonds. The van der Waals surface area contributed by atoms with Crippen molar-refractivity contribution in [3.05, 3.63) is 29.8 Å². The van der Waals surface area contributed by atoms with Crippen molar-refractivity contribution >= 4 is 5.97 Å². The lowest BCUT2D eigenvalue weighted by atomic mass is 9.99. The van der Waals surface area contributed by atoms with Crippen molar-refractivity contribution in [1.82, 2.24) is 0 Å². The maximum absolute atomic E-state index is 10.7. The molecule has 0 saturated carbocycles. The monoisotopic (exact) mass is 300 g/mol. The van der Waals surface area contributed by atoms with Crippen LogP contribution in [0.3, 0.4) is 0 Å². The first-order valence-electron chi connectivity index (χ1n) is 6.24. The van der Waals surface area contributed by atoms with Crippen molar-refractivity contribution in [2.24, 2.45) is 0 Å². The maximum atomic E-state index is 10.7. The summed E-state index contributed by atoms with van der Waals surface area (Å²) in [5, 5.41) is 46.9. The van der Waals surface area contributed by atoms with E-state index in [1.807, 2.05) is 0 Å². The summed E-state index contributed by atoms with van der Waals surface area (Å²) >= 11 is 0. The number of carboxylic acids is 1. The van der Waals surface area contributed by atoms with E-state index in [1.165, 1.54) is 24.3 Å². The van der Waals surface area contributed by atoms with E-state index in [2.05, 4.69) is 0 Å². The zero-order valence-corrected chi connectivity index (χ0v) is 10.9. The number of hydrogen-bond acceptors (Lipinski definition) is 7. The molecular formula is C13H16O8. The highest BCUT2D eigenvalue weighted by atomic mass is 16.7. The average molecular weight is 300 g/mol. The van der Waals surface area contributed by atoms with Crippen LogP contribution >= 0.6 is 0 Å². The van der Waals surface area contributed by atoms with Gasteiger partial charge in [-0.15, -0.1) is 0 Å². The van der Waals surface area contributed by atoms with Gasteiger partial charge in [0.15, 0.2) is 0 Å². The molecule has 0 bridgehead atoms. The molecule has 2 rings (SSSR count). The molecular weight excluding hydrogens is 284 g/mol. The number of ether oxygens (including phenoxy) is 2. The van der Waals surface area contributed by atoms with Crippen molar-refractivity contribution in [2.75, 3.05) is 6.61 Å². The van der Waals surface area contributed by atoms with E-state index in [9.17, 15) is 20.1 Å². The molecule has 5 N–H and O–H groups in total. The minimum Gasteiger partial charge on any atom is -0.478 e. The molecule has 8 heteroatoms. The summed E-state index contributed by atoms with van der Waals surface area (Å²) in [4.78, 5) is 10.7. The highest BCUT2D eigenvalue weighted by Gasteiger charge is 2.44. The second-order valence-corrected chi connectivity index (χ2v) is 4.64. The van der Waals surface area contributed by atoms with Crippen LogP contribution in [0.4, 0.5) is 0 Å². The third-order valence-electron chi connectivity index (χ3n) is 3.20. The Kier molecular flexibility index (Phi) is 4.76. The average Bonchev–Trinajstić information content (AvgIpc) is 2.48. The summed E-state index contributed by atoms with van der Waals surface area (Å²) < 4.78 is 10.5. The van der Waals surface area contributed by atoms with Crippen molar-refractivity contribution < 1.29 is 39.8 Å². The van der Waals surface area contributed by atoms with Crippen LogP contribution in [0.15, 0.2) is 24.3 Å². The Morgan fingerprint density at radius 3 is 2.24 bits per heavy atom. The highest BCUT2D eigenvalue weighted by molar-refractivity contribution is 5.87. The van der Waals surface area contributed by atoms with Crippen LogP contribution in [0.5, 0.6) is 5.75 Å². The number of aliphatic hydroxyl groups excluding tert-OH is 4. The van der Waals surface area contributed by atoms with E-state index < -0.39 is 43.3 Å². The molecule has 1 aromatic carbocycles. The minimum absolute atomic E-state index is 0.0659. The summed E-state index contributed by atoms with van der Waals surface area (Å²) in [6, 6.07) is 5.35. The van der Waals surface area contributed by atoms with Crippen LogP contribution < -0.4 is 4.74 Å². The highest BCUT2D eigenvalue weighted by Crippen LogP contribution is 2.24. The fourth-order valence-corrected chi connectivity index (χ4v) is 1.97. The molecule has 1 heterocycles. The summed E-state index contributed by atoms with van der Waals surface area (Å²) in [6.07, 6.45) is -6.86. The molecule has 1 saturated heterocycles. The van der Waals surface area contributed by atoms with Gasteiger partial charge in [0.05, 0.1) is 12.2 Å². The summed E-state index contributed by atoms with van der Waals surface area (Å²) in [5.41, 5.74) is 0.0659. The lowest BCUT2D eigenvalue weighted by Crippen LogP contribution is -2.60. The molecule has 0 spiro atoms. The number of carbonyl (C=O) groups is 1. The van der Waals surface area contributed by atoms with E-state index in [0.717, 1.165) is 0 Å². The molecule has 1 aliphatic rings. The smallest absolute Gasteiger partial charge is 0.335 e. The van der Waals surface area contributed by atoms with Crippen LogP contribution in [-0.2, 0) is 4.74 Å². The van der Waals surface area contributed by atoms with E-state index in [-0.39, 0.29) is 11.3 Å². The van der Waals surface area contributed by atoms with E-state index in [1.54, 1.807) is 0 Å². The van der Waals surface area contributed by atoms with Gasteiger partial charge in [0.2, 0.25) is 6.29 Å². The first-order valence-corrected chi connectivity index (χ1v) is 6.24. The predicted molar refractivity (Wildman–Crippen MR) is 67.8 cm³/mol. The number of aliphatic hydroxyl groups is 4. The van der Waals surface area contributed by atoms with Gasteiger partial charge in [-0.25, -0.2) is 4.79 Å². The SMILES string of the molecule is O=C(O)c1ccc(OC2O[C@H](CO)[C@H](O)[C@H](O)[C@H]2O)cc1. The van der Waals surface area contributed by atoms with Gasteiger partial charge in [-0.3, -0.25) is 0 Å². The number of hydrogen-bond donors (Lipinski definition) is 5. The Bertz CT molecular complexity index is 485. The summed E-state index contributed by atoms with van der Waals surface area (Å²) in [5.74, 6) is -0.876. The predicted octanol–water partition coefficient (Wildman–Crippen LogP) is -1.44. The van der Waals surface area contributed by atoms with Gasteiger partial charge in [-0.05, 0) is 24.3 Å². The minimum atomic E-state index is -1.53. The quantitative estimate of drug-likeness (QED) is 0.456. The molecule has 1 unspecified atom stereocenters. The fraction of sp³-hybridized carbons (Fsp3) is 0.462. The number of benzene rings is 1. The molecule has 0 radical (unpaired) electrons. The Hall–Kier alpha value is -1.71. The van der Waals surface area contributed by atoms with Crippen LogP contribution in [-0.4, -0.2) is 68.8 Å². The topological polar surface area (TPSA) is 137 Å². The van der Waals surface area contributed by atoms with Crippen molar-refractivity contribution in [3.63, 3.8) is 0 Å². The standard InChI is InChI=1S/C13H16O8/c14-5-8-9(15)10(16)11(17)13(21-8)20-7-3-1-6(2-4-7)12(18)19/h1-4,8-11,13-17H,5H2,(H,18,19)/t8-,9+,10+,11-,13?/m1/s1. The second-order valence-electron chi connectivity index (χ2n) is 4.64. The zero-order chi connectivity index (χ0) is 15.6. The number of aromatic carboxylic acids is 1. The van der Waals surface area contributed by atoms with Crippen LogP contribution in [0.2, 0.25) is 0 Å². The Labute approximate surface area is 119 Å². The lowest BCUT2D eigenvalue weighted by Gasteiger charge is -2.39. The van der Waals surface area contributed by atoms with Crippen molar-refractivity contribution in [1.29, 1.82) is 0 Å². The largest absolute Gasteiger partial charge is 0.478 e. The number of rotatable bonds is 4. The molecule has 0 aromatic heterocycles. The lowest BCUT2D eigenvalue weighted by molar-refractivity contribution is -0.277. The van der Waals surface area contributed by atoms with Crippen molar-refractivity contribution in [3.8, 4) is 5.75 Å². The van der Waals surface area contributed by atoms with Gasteiger partial charge in [-0.1, -0.05) is 0 Å². The fourth-order valence-electron chi connectivity index (χ4n) is 1.97. The second kappa shape index (κ2) is 6.37. The molecule has 1 fully saturated rings. The molecule has 0 aliphatic carbocycles. The first-order chi connectivity index (χ1) is 9.93.